The summed E-state index contributed by atoms with van der Waals surface area (Å²) in [6.07, 6.45) is 3.40. The summed E-state index contributed by atoms with van der Waals surface area (Å²) in [7, 11) is 2.20. The zero-order valence-corrected chi connectivity index (χ0v) is 16.8. The zero-order valence-electron chi connectivity index (χ0n) is 16.8. The molecule has 0 spiro atoms. The van der Waals surface area contributed by atoms with E-state index in [0.717, 1.165) is 57.1 Å². The minimum absolute atomic E-state index is 0.0276. The molecule has 0 bridgehead atoms. The molecule has 27 heavy (non-hydrogen) atoms. The quantitative estimate of drug-likeness (QED) is 0.565. The fraction of sp³-hybridized carbons (Fsp3) is 0.667. The summed E-state index contributed by atoms with van der Waals surface area (Å²) in [4.78, 5) is 9.74. The number of halogens is 1. The average molecular weight is 376 g/mol. The van der Waals surface area contributed by atoms with Gasteiger partial charge in [-0.25, -0.2) is 4.39 Å². The topological polar surface area (TPSA) is 42.9 Å². The number of hydrogen-bond donors (Lipinski definition) is 2. The molecule has 1 aliphatic heterocycles. The molecule has 3 rings (SSSR count). The largest absolute Gasteiger partial charge is 0.357 e. The van der Waals surface area contributed by atoms with Crippen molar-refractivity contribution in [1.82, 2.24) is 20.4 Å². The minimum Gasteiger partial charge on any atom is -0.357 e. The first-order chi connectivity index (χ1) is 13.1. The third kappa shape index (κ3) is 5.91. The van der Waals surface area contributed by atoms with E-state index in [2.05, 4.69) is 34.4 Å². The first-order valence-electron chi connectivity index (χ1n) is 10.3. The highest BCUT2D eigenvalue weighted by Crippen LogP contribution is 2.48. The Morgan fingerprint density at radius 2 is 2.04 bits per heavy atom. The smallest absolute Gasteiger partial charge is 0.191 e. The van der Waals surface area contributed by atoms with Gasteiger partial charge in [-0.05, 0) is 64.0 Å². The summed E-state index contributed by atoms with van der Waals surface area (Å²) in [6.45, 7) is 10.2. The second kappa shape index (κ2) is 9.51. The molecule has 150 valence electrons. The van der Waals surface area contributed by atoms with Gasteiger partial charge in [0.05, 0.1) is 6.54 Å². The molecule has 1 saturated carbocycles. The molecule has 0 radical (unpaired) electrons. The van der Waals surface area contributed by atoms with E-state index in [1.165, 1.54) is 25.6 Å². The van der Waals surface area contributed by atoms with Gasteiger partial charge in [-0.1, -0.05) is 12.1 Å². The monoisotopic (exact) mass is 375 g/mol. The van der Waals surface area contributed by atoms with Gasteiger partial charge in [0.15, 0.2) is 5.96 Å². The lowest BCUT2D eigenvalue weighted by atomic mass is 9.96. The molecule has 1 saturated heterocycles. The van der Waals surface area contributed by atoms with Crippen molar-refractivity contribution in [3.8, 4) is 0 Å². The van der Waals surface area contributed by atoms with Crippen LogP contribution >= 0.6 is 0 Å². The van der Waals surface area contributed by atoms with Gasteiger partial charge in [0.2, 0.25) is 0 Å². The maximum Gasteiger partial charge on any atom is 0.191 e. The number of hydrogen-bond acceptors (Lipinski definition) is 3. The Balaban J connectivity index is 1.51. The number of nitrogens with one attached hydrogen (secondary N) is 2. The van der Waals surface area contributed by atoms with Gasteiger partial charge in [-0.2, -0.15) is 0 Å². The summed E-state index contributed by atoms with van der Waals surface area (Å²) < 4.78 is 13.6. The van der Waals surface area contributed by atoms with Crippen LogP contribution in [0.15, 0.2) is 29.3 Å². The molecule has 6 heteroatoms. The minimum atomic E-state index is -0.157. The first kappa shape index (κ1) is 20.1. The van der Waals surface area contributed by atoms with Crippen LogP contribution < -0.4 is 10.6 Å². The van der Waals surface area contributed by atoms with Gasteiger partial charge in [0.1, 0.15) is 5.82 Å². The Labute approximate surface area is 163 Å². The zero-order chi connectivity index (χ0) is 19.1. The molecule has 1 aromatic rings. The lowest BCUT2D eigenvalue weighted by molar-refractivity contribution is 0.280. The third-order valence-corrected chi connectivity index (χ3v) is 5.71. The summed E-state index contributed by atoms with van der Waals surface area (Å²) in [5.41, 5.74) is 1.11. The SMILES string of the molecule is CCNC(=NCC1(c2cccc(F)c2)CC1)NCCN1CCCN(C)CC1. The fourth-order valence-corrected chi connectivity index (χ4v) is 3.74. The van der Waals surface area contributed by atoms with Crippen LogP contribution in [0.5, 0.6) is 0 Å². The number of rotatable bonds is 7. The van der Waals surface area contributed by atoms with Crippen LogP contribution in [-0.2, 0) is 5.41 Å². The van der Waals surface area contributed by atoms with E-state index in [0.29, 0.717) is 6.54 Å². The number of aliphatic imine (C=N–C) groups is 1. The number of nitrogens with zero attached hydrogens (tertiary/aromatic N) is 3. The van der Waals surface area contributed by atoms with Gasteiger partial charge in [0, 0.05) is 38.1 Å². The molecule has 2 N–H and O–H groups in total. The summed E-state index contributed by atoms with van der Waals surface area (Å²) in [5.74, 6) is 0.711. The summed E-state index contributed by atoms with van der Waals surface area (Å²) >= 11 is 0. The third-order valence-electron chi connectivity index (χ3n) is 5.71. The van der Waals surface area contributed by atoms with E-state index in [9.17, 15) is 4.39 Å². The second-order valence-corrected chi connectivity index (χ2v) is 7.91. The van der Waals surface area contributed by atoms with Crippen molar-refractivity contribution in [3.63, 3.8) is 0 Å². The van der Waals surface area contributed by atoms with Crippen molar-refractivity contribution in [1.29, 1.82) is 0 Å². The fourth-order valence-electron chi connectivity index (χ4n) is 3.74. The van der Waals surface area contributed by atoms with E-state index < -0.39 is 0 Å². The normalized spacial score (nSPS) is 20.9. The second-order valence-electron chi connectivity index (χ2n) is 7.91. The Kier molecular flexibility index (Phi) is 7.07. The van der Waals surface area contributed by atoms with Crippen molar-refractivity contribution >= 4 is 5.96 Å². The molecular formula is C21H34FN5. The maximum absolute atomic E-state index is 13.6. The van der Waals surface area contributed by atoms with E-state index in [4.69, 9.17) is 4.99 Å². The van der Waals surface area contributed by atoms with Crippen LogP contribution in [0, 0.1) is 5.82 Å². The molecule has 1 aromatic carbocycles. The Morgan fingerprint density at radius 3 is 2.78 bits per heavy atom. The lowest BCUT2D eigenvalue weighted by Crippen LogP contribution is -2.42. The molecule has 0 unspecified atom stereocenters. The van der Waals surface area contributed by atoms with E-state index >= 15 is 0 Å². The van der Waals surface area contributed by atoms with Gasteiger partial charge < -0.3 is 20.4 Å². The van der Waals surface area contributed by atoms with E-state index in [1.54, 1.807) is 12.1 Å². The van der Waals surface area contributed by atoms with Gasteiger partial charge in [-0.15, -0.1) is 0 Å². The highest BCUT2D eigenvalue weighted by molar-refractivity contribution is 5.79. The molecule has 2 fully saturated rings. The maximum atomic E-state index is 13.6. The highest BCUT2D eigenvalue weighted by atomic mass is 19.1. The van der Waals surface area contributed by atoms with Crippen LogP contribution in [0.25, 0.3) is 0 Å². The predicted octanol–water partition coefficient (Wildman–Crippen LogP) is 2.05. The predicted molar refractivity (Wildman–Crippen MR) is 110 cm³/mol. The Hall–Kier alpha value is -1.66. The van der Waals surface area contributed by atoms with Crippen LogP contribution in [0.4, 0.5) is 4.39 Å². The standard InChI is InChI=1S/C21H34FN5/c1-3-23-20(24-10-13-27-12-5-11-26(2)14-15-27)25-17-21(8-9-21)18-6-4-7-19(22)16-18/h4,6-7,16H,3,5,8-15,17H2,1-2H3,(H2,23,24,25). The van der Waals surface area contributed by atoms with Crippen LogP contribution in [-0.4, -0.2) is 75.2 Å². The molecular weight excluding hydrogens is 341 g/mol. The molecule has 0 atom stereocenters. The van der Waals surface area contributed by atoms with E-state index in [1.807, 2.05) is 6.07 Å². The number of guanidine groups is 1. The van der Waals surface area contributed by atoms with Crippen molar-refractivity contribution < 1.29 is 4.39 Å². The summed E-state index contributed by atoms with van der Waals surface area (Å²) in [6, 6.07) is 7.01. The number of likely N-dealkylation sites (N-methyl/N-ethyl adjacent to an activating group) is 1. The Morgan fingerprint density at radius 1 is 1.19 bits per heavy atom. The van der Waals surface area contributed by atoms with Crippen LogP contribution in [0.2, 0.25) is 0 Å². The molecule has 5 nitrogen and oxygen atoms in total. The molecule has 0 aromatic heterocycles. The number of benzene rings is 1. The van der Waals surface area contributed by atoms with Crippen molar-refractivity contribution in [3.05, 3.63) is 35.6 Å². The van der Waals surface area contributed by atoms with Crippen LogP contribution in [0.1, 0.15) is 31.7 Å². The average Bonchev–Trinajstić information content (AvgIpc) is 3.46. The molecule has 2 aliphatic rings. The van der Waals surface area contributed by atoms with Gasteiger partial charge in [-0.3, -0.25) is 4.99 Å². The molecule has 1 aliphatic carbocycles. The highest BCUT2D eigenvalue weighted by Gasteiger charge is 2.44. The Bertz CT molecular complexity index is 629. The molecule has 1 heterocycles. The van der Waals surface area contributed by atoms with Crippen LogP contribution in [0.3, 0.4) is 0 Å². The lowest BCUT2D eigenvalue weighted by Gasteiger charge is -2.21. The van der Waals surface area contributed by atoms with Crippen molar-refractivity contribution in [2.45, 2.75) is 31.6 Å². The molecule has 0 amide bonds. The first-order valence-corrected chi connectivity index (χ1v) is 10.3. The van der Waals surface area contributed by atoms with E-state index in [-0.39, 0.29) is 11.2 Å². The summed E-state index contributed by atoms with van der Waals surface area (Å²) in [5, 5.41) is 6.81. The van der Waals surface area contributed by atoms with Crippen molar-refractivity contribution in [2.24, 2.45) is 4.99 Å². The van der Waals surface area contributed by atoms with Gasteiger partial charge in [0.25, 0.3) is 0 Å². The van der Waals surface area contributed by atoms with Crippen molar-refractivity contribution in [2.75, 3.05) is 59.4 Å². The van der Waals surface area contributed by atoms with Gasteiger partial charge >= 0.3 is 0 Å².